The highest BCUT2D eigenvalue weighted by Gasteiger charge is 2.18. The molecule has 0 heterocycles. The molecule has 0 aliphatic carbocycles. The maximum absolute atomic E-state index is 10.8. The minimum atomic E-state index is -0.500. The SMILES string of the molecule is COc1cc(N)c([N+](=O)[O-])c(CCN)c1. The largest absolute Gasteiger partial charge is 0.497 e. The maximum Gasteiger partial charge on any atom is 0.295 e. The van der Waals surface area contributed by atoms with Crippen molar-refractivity contribution in [3.8, 4) is 5.75 Å². The predicted molar refractivity (Wildman–Crippen MR) is 56.8 cm³/mol. The van der Waals surface area contributed by atoms with Gasteiger partial charge in [-0.3, -0.25) is 10.1 Å². The molecule has 1 aromatic rings. The Labute approximate surface area is 87.0 Å². The molecule has 6 heteroatoms. The van der Waals surface area contributed by atoms with Crippen LogP contribution in [0.4, 0.5) is 11.4 Å². The Morgan fingerprint density at radius 3 is 2.67 bits per heavy atom. The number of methoxy groups -OCH3 is 1. The zero-order valence-electron chi connectivity index (χ0n) is 8.40. The first-order valence-electron chi connectivity index (χ1n) is 4.41. The number of nitrogens with two attached hydrogens (primary N) is 2. The monoisotopic (exact) mass is 211 g/mol. The van der Waals surface area contributed by atoms with Crippen LogP contribution in [0, 0.1) is 10.1 Å². The van der Waals surface area contributed by atoms with Crippen LogP contribution in [-0.4, -0.2) is 18.6 Å². The second-order valence-electron chi connectivity index (χ2n) is 3.02. The summed E-state index contributed by atoms with van der Waals surface area (Å²) in [6.07, 6.45) is 0.401. The summed E-state index contributed by atoms with van der Waals surface area (Å²) in [7, 11) is 1.48. The quantitative estimate of drug-likeness (QED) is 0.433. The molecule has 6 nitrogen and oxygen atoms in total. The summed E-state index contributed by atoms with van der Waals surface area (Å²) >= 11 is 0. The van der Waals surface area contributed by atoms with Gasteiger partial charge in [-0.2, -0.15) is 0 Å². The molecule has 0 bridgehead atoms. The average Bonchev–Trinajstić information content (AvgIpc) is 2.16. The second kappa shape index (κ2) is 4.61. The number of hydrogen-bond donors (Lipinski definition) is 2. The van der Waals surface area contributed by atoms with Gasteiger partial charge in [0.25, 0.3) is 5.69 Å². The minimum absolute atomic E-state index is 0.0822. The van der Waals surface area contributed by atoms with Gasteiger partial charge in [-0.1, -0.05) is 0 Å². The summed E-state index contributed by atoms with van der Waals surface area (Å²) in [5, 5.41) is 10.8. The Hall–Kier alpha value is -1.82. The van der Waals surface area contributed by atoms with Crippen molar-refractivity contribution in [3.05, 3.63) is 27.8 Å². The normalized spacial score (nSPS) is 10.0. The maximum atomic E-state index is 10.8. The Morgan fingerprint density at radius 2 is 2.20 bits per heavy atom. The lowest BCUT2D eigenvalue weighted by Gasteiger charge is -2.07. The van der Waals surface area contributed by atoms with Gasteiger partial charge < -0.3 is 16.2 Å². The Bertz CT molecular complexity index is 379. The van der Waals surface area contributed by atoms with Crippen molar-refractivity contribution in [2.75, 3.05) is 19.4 Å². The van der Waals surface area contributed by atoms with Gasteiger partial charge in [-0.25, -0.2) is 0 Å². The van der Waals surface area contributed by atoms with E-state index in [0.29, 0.717) is 24.3 Å². The highest BCUT2D eigenvalue weighted by Crippen LogP contribution is 2.31. The van der Waals surface area contributed by atoms with E-state index >= 15 is 0 Å². The van der Waals surface area contributed by atoms with Crippen LogP contribution in [0.5, 0.6) is 5.75 Å². The van der Waals surface area contributed by atoms with Crippen molar-refractivity contribution in [3.63, 3.8) is 0 Å². The van der Waals surface area contributed by atoms with Crippen molar-refractivity contribution >= 4 is 11.4 Å². The first kappa shape index (κ1) is 11.3. The smallest absolute Gasteiger partial charge is 0.295 e. The molecule has 0 aliphatic rings. The number of rotatable bonds is 4. The molecule has 0 aliphatic heterocycles. The van der Waals surface area contributed by atoms with E-state index in [1.54, 1.807) is 6.07 Å². The Morgan fingerprint density at radius 1 is 1.53 bits per heavy atom. The molecule has 0 unspecified atom stereocenters. The summed E-state index contributed by atoms with van der Waals surface area (Å²) in [6.45, 7) is 0.327. The molecule has 0 radical (unpaired) electrons. The molecule has 15 heavy (non-hydrogen) atoms. The molecule has 1 rings (SSSR count). The van der Waals surface area contributed by atoms with Crippen molar-refractivity contribution < 1.29 is 9.66 Å². The van der Waals surface area contributed by atoms with Gasteiger partial charge in [-0.15, -0.1) is 0 Å². The molecule has 0 saturated carbocycles. The number of hydrogen-bond acceptors (Lipinski definition) is 5. The van der Waals surface area contributed by atoms with E-state index in [9.17, 15) is 10.1 Å². The van der Waals surface area contributed by atoms with E-state index in [0.717, 1.165) is 0 Å². The topological polar surface area (TPSA) is 104 Å². The highest BCUT2D eigenvalue weighted by atomic mass is 16.6. The highest BCUT2D eigenvalue weighted by molar-refractivity contribution is 5.65. The molecule has 0 spiro atoms. The fraction of sp³-hybridized carbons (Fsp3) is 0.333. The van der Waals surface area contributed by atoms with E-state index in [1.165, 1.54) is 13.2 Å². The van der Waals surface area contributed by atoms with Crippen LogP contribution < -0.4 is 16.2 Å². The van der Waals surface area contributed by atoms with Gasteiger partial charge in [0.15, 0.2) is 0 Å². The van der Waals surface area contributed by atoms with Crippen LogP contribution in [0.25, 0.3) is 0 Å². The van der Waals surface area contributed by atoms with Gasteiger partial charge in [0.05, 0.1) is 12.0 Å². The van der Waals surface area contributed by atoms with Crippen LogP contribution in [0.15, 0.2) is 12.1 Å². The summed E-state index contributed by atoms with van der Waals surface area (Å²) in [4.78, 5) is 10.3. The van der Waals surface area contributed by atoms with Crippen LogP contribution >= 0.6 is 0 Å². The van der Waals surface area contributed by atoms with Crippen LogP contribution in [0.2, 0.25) is 0 Å². The molecule has 82 valence electrons. The summed E-state index contributed by atoms with van der Waals surface area (Å²) in [6, 6.07) is 3.01. The van der Waals surface area contributed by atoms with Gasteiger partial charge >= 0.3 is 0 Å². The zero-order chi connectivity index (χ0) is 11.4. The molecular formula is C9H13N3O3. The lowest BCUT2D eigenvalue weighted by atomic mass is 10.1. The summed E-state index contributed by atoms with van der Waals surface area (Å²) < 4.78 is 4.97. The molecule has 0 amide bonds. The third kappa shape index (κ3) is 2.35. The van der Waals surface area contributed by atoms with E-state index in [2.05, 4.69) is 0 Å². The van der Waals surface area contributed by atoms with Gasteiger partial charge in [0.2, 0.25) is 0 Å². The predicted octanol–water partition coefficient (Wildman–Crippen LogP) is 0.687. The first-order chi connectivity index (χ1) is 7.10. The van der Waals surface area contributed by atoms with Crippen molar-refractivity contribution in [1.29, 1.82) is 0 Å². The fourth-order valence-corrected chi connectivity index (χ4v) is 1.38. The lowest BCUT2D eigenvalue weighted by molar-refractivity contribution is -0.384. The van der Waals surface area contributed by atoms with Gasteiger partial charge in [0, 0.05) is 11.6 Å². The van der Waals surface area contributed by atoms with Crippen molar-refractivity contribution in [1.82, 2.24) is 0 Å². The molecule has 1 aromatic carbocycles. The molecule has 0 aromatic heterocycles. The number of nitro groups is 1. The number of nitrogen functional groups attached to an aromatic ring is 1. The molecule has 0 atom stereocenters. The van der Waals surface area contributed by atoms with E-state index in [1.807, 2.05) is 0 Å². The summed E-state index contributed by atoms with van der Waals surface area (Å²) in [5.41, 5.74) is 11.5. The average molecular weight is 211 g/mol. The number of benzene rings is 1. The van der Waals surface area contributed by atoms with Gasteiger partial charge in [0.1, 0.15) is 11.4 Å². The molecule has 0 fully saturated rings. The van der Waals surface area contributed by atoms with Crippen LogP contribution in [0.3, 0.4) is 0 Å². The van der Waals surface area contributed by atoms with E-state index in [4.69, 9.17) is 16.2 Å². The van der Waals surface area contributed by atoms with Crippen LogP contribution in [-0.2, 0) is 6.42 Å². The minimum Gasteiger partial charge on any atom is -0.497 e. The number of ether oxygens (including phenoxy) is 1. The Balaban J connectivity index is 3.28. The second-order valence-corrected chi connectivity index (χ2v) is 3.02. The Kier molecular flexibility index (Phi) is 3.46. The number of anilines is 1. The van der Waals surface area contributed by atoms with Crippen molar-refractivity contribution in [2.24, 2.45) is 5.73 Å². The standard InChI is InChI=1S/C9H13N3O3/c1-15-7-4-6(2-3-10)9(12(13)14)8(11)5-7/h4-5H,2-3,10-11H2,1H3. The molecular weight excluding hydrogens is 198 g/mol. The molecule has 4 N–H and O–H groups in total. The third-order valence-corrected chi connectivity index (χ3v) is 2.02. The molecule has 0 saturated heterocycles. The van der Waals surface area contributed by atoms with E-state index < -0.39 is 4.92 Å². The van der Waals surface area contributed by atoms with Gasteiger partial charge in [-0.05, 0) is 19.0 Å². The zero-order valence-corrected chi connectivity index (χ0v) is 8.40. The lowest BCUT2D eigenvalue weighted by Crippen LogP contribution is -2.07. The van der Waals surface area contributed by atoms with Crippen molar-refractivity contribution in [2.45, 2.75) is 6.42 Å². The first-order valence-corrected chi connectivity index (χ1v) is 4.41. The number of nitrogens with zero attached hydrogens (tertiary/aromatic N) is 1. The number of nitro benzene ring substituents is 1. The summed E-state index contributed by atoms with van der Waals surface area (Å²) in [5.74, 6) is 0.501. The van der Waals surface area contributed by atoms with E-state index in [-0.39, 0.29) is 11.4 Å². The third-order valence-electron chi connectivity index (χ3n) is 2.02. The van der Waals surface area contributed by atoms with Crippen LogP contribution in [0.1, 0.15) is 5.56 Å². The fourth-order valence-electron chi connectivity index (χ4n) is 1.38.